The van der Waals surface area contributed by atoms with Gasteiger partial charge in [-0.3, -0.25) is 14.5 Å². The van der Waals surface area contributed by atoms with Gasteiger partial charge < -0.3 is 33.4 Å². The van der Waals surface area contributed by atoms with Crippen LogP contribution in [0.1, 0.15) is 35.0 Å². The maximum Gasteiger partial charge on any atom is 0.306 e. The summed E-state index contributed by atoms with van der Waals surface area (Å²) in [7, 11) is 4.59. The maximum absolute atomic E-state index is 12.9. The molecule has 0 saturated carbocycles. The van der Waals surface area contributed by atoms with Crippen LogP contribution in [0.25, 0.3) is 0 Å². The molecule has 0 radical (unpaired) electrons. The minimum atomic E-state index is -0.736. The normalized spacial score (nSPS) is 14.0. The Morgan fingerprint density at radius 3 is 2.07 bits per heavy atom. The molecule has 0 spiro atoms. The van der Waals surface area contributed by atoms with Crippen LogP contribution in [-0.2, 0) is 22.5 Å². The minimum Gasteiger partial charge on any atom is -0.502 e. The highest BCUT2D eigenvalue weighted by Crippen LogP contribution is 2.34. The number of anilines is 1. The number of ether oxygens (including phenoxy) is 4. The van der Waals surface area contributed by atoms with Crippen LogP contribution in [0, 0.1) is 0 Å². The highest BCUT2D eigenvalue weighted by Gasteiger charge is 2.27. The van der Waals surface area contributed by atoms with Crippen molar-refractivity contribution in [1.82, 2.24) is 4.90 Å². The third-order valence-electron chi connectivity index (χ3n) is 8.21. The number of carbonyl (C=O) groups excluding carboxylic acids is 1. The van der Waals surface area contributed by atoms with E-state index in [1.165, 1.54) is 13.2 Å². The first-order valence-corrected chi connectivity index (χ1v) is 15.3. The summed E-state index contributed by atoms with van der Waals surface area (Å²) in [6.45, 7) is 4.01. The number of carbonyl (C=O) groups is 1. The zero-order valence-electron chi connectivity index (χ0n) is 26.4. The van der Waals surface area contributed by atoms with Gasteiger partial charge >= 0.3 is 5.97 Å². The highest BCUT2D eigenvalue weighted by atomic mass is 16.5. The molecule has 0 unspecified atom stereocenters. The second kappa shape index (κ2) is 15.4. The fourth-order valence-corrected chi connectivity index (χ4v) is 5.53. The van der Waals surface area contributed by atoms with Crippen molar-refractivity contribution in [3.8, 4) is 23.0 Å². The Bertz CT molecular complexity index is 1630. The van der Waals surface area contributed by atoms with Gasteiger partial charge in [0.15, 0.2) is 5.76 Å². The Hall–Kier alpha value is -4.96. The van der Waals surface area contributed by atoms with E-state index in [1.807, 2.05) is 48.5 Å². The molecule has 5 rings (SSSR count). The van der Waals surface area contributed by atoms with Crippen molar-refractivity contribution in [3.63, 3.8) is 0 Å². The molecule has 0 amide bonds. The van der Waals surface area contributed by atoms with Crippen LogP contribution >= 0.6 is 0 Å². The van der Waals surface area contributed by atoms with Gasteiger partial charge in [-0.05, 0) is 59.7 Å². The molecule has 0 bridgehead atoms. The molecule has 1 aromatic heterocycles. The molecule has 1 N–H and O–H groups in total. The fraction of sp³-hybridized carbons (Fsp3) is 0.333. The second-order valence-corrected chi connectivity index (χ2v) is 11.1. The number of methoxy groups -OCH3 is 3. The Morgan fingerprint density at radius 2 is 1.46 bits per heavy atom. The van der Waals surface area contributed by atoms with Crippen molar-refractivity contribution in [2.75, 3.05) is 59.0 Å². The molecule has 1 aliphatic heterocycles. The lowest BCUT2D eigenvalue weighted by Gasteiger charge is -2.36. The summed E-state index contributed by atoms with van der Waals surface area (Å²) in [5.41, 5.74) is 2.37. The number of nitrogens with zero attached hydrogens (tertiary/aromatic N) is 2. The van der Waals surface area contributed by atoms with E-state index in [-0.39, 0.29) is 12.2 Å². The van der Waals surface area contributed by atoms with Gasteiger partial charge in [0.1, 0.15) is 23.0 Å². The van der Waals surface area contributed by atoms with E-state index in [1.54, 1.807) is 38.5 Å². The van der Waals surface area contributed by atoms with E-state index in [2.05, 4.69) is 9.80 Å². The Morgan fingerprint density at radius 1 is 0.848 bits per heavy atom. The average molecular weight is 629 g/mol. The van der Waals surface area contributed by atoms with Gasteiger partial charge in [0, 0.05) is 44.4 Å². The molecular weight excluding hydrogens is 588 g/mol. The van der Waals surface area contributed by atoms with E-state index in [9.17, 15) is 14.7 Å². The number of aromatic hydroxyl groups is 1. The van der Waals surface area contributed by atoms with Crippen LogP contribution in [0.2, 0.25) is 0 Å². The monoisotopic (exact) mass is 628 g/mol. The Labute approximate surface area is 268 Å². The van der Waals surface area contributed by atoms with Crippen molar-refractivity contribution in [2.24, 2.45) is 0 Å². The van der Waals surface area contributed by atoms with Gasteiger partial charge in [-0.25, -0.2) is 0 Å². The van der Waals surface area contributed by atoms with Crippen LogP contribution in [0.15, 0.2) is 88.1 Å². The zero-order chi connectivity index (χ0) is 32.5. The second-order valence-electron chi connectivity index (χ2n) is 11.1. The molecule has 242 valence electrons. The van der Waals surface area contributed by atoms with Crippen LogP contribution in [-0.4, -0.2) is 70.1 Å². The maximum atomic E-state index is 12.9. The summed E-state index contributed by atoms with van der Waals surface area (Å²) in [6.07, 6.45) is 0.605. The topological polar surface area (TPSA) is 111 Å². The molecule has 1 aliphatic rings. The number of hydrogen-bond donors (Lipinski definition) is 1. The van der Waals surface area contributed by atoms with Crippen molar-refractivity contribution in [1.29, 1.82) is 0 Å². The lowest BCUT2D eigenvalue weighted by Crippen LogP contribution is -2.46. The molecule has 3 aromatic carbocycles. The van der Waals surface area contributed by atoms with E-state index in [4.69, 9.17) is 23.4 Å². The number of benzene rings is 3. The van der Waals surface area contributed by atoms with Gasteiger partial charge in [0.25, 0.3) is 0 Å². The highest BCUT2D eigenvalue weighted by molar-refractivity contribution is 5.71. The summed E-state index contributed by atoms with van der Waals surface area (Å²) in [4.78, 5) is 29.9. The lowest BCUT2D eigenvalue weighted by molar-refractivity contribution is -0.140. The summed E-state index contributed by atoms with van der Waals surface area (Å²) < 4.78 is 27.5. The third-order valence-corrected chi connectivity index (χ3v) is 8.21. The first kappa shape index (κ1) is 32.4. The molecule has 2 heterocycles. The average Bonchev–Trinajstić information content (AvgIpc) is 3.10. The van der Waals surface area contributed by atoms with E-state index in [0.717, 1.165) is 55.3 Å². The van der Waals surface area contributed by atoms with E-state index >= 15 is 0 Å². The quantitative estimate of drug-likeness (QED) is 0.203. The predicted octanol–water partition coefficient (Wildman–Crippen LogP) is 5.00. The van der Waals surface area contributed by atoms with Gasteiger partial charge in [-0.15, -0.1) is 0 Å². The van der Waals surface area contributed by atoms with E-state index in [0.29, 0.717) is 30.2 Å². The third kappa shape index (κ3) is 8.19. The standard InChI is InChI=1S/C36H40N2O8/c1-42-28-10-4-25(5-11-28)16-21-45-30-12-6-26(7-13-30)32(23-34(40)44-3)36-35(41)33(39)22-31(46-36)24-37-17-19-38(20-18-37)27-8-14-29(43-2)15-9-27/h4-15,22,32,41H,16-21,23-24H2,1-3H3/t32-/m1/s1. The number of hydrogen-bond acceptors (Lipinski definition) is 10. The van der Waals surface area contributed by atoms with Crippen LogP contribution < -0.4 is 24.5 Å². The summed E-state index contributed by atoms with van der Waals surface area (Å²) in [6, 6.07) is 24.4. The lowest BCUT2D eigenvalue weighted by atomic mass is 9.92. The number of rotatable bonds is 13. The molecule has 1 saturated heterocycles. The van der Waals surface area contributed by atoms with Gasteiger partial charge in [0.2, 0.25) is 11.2 Å². The minimum absolute atomic E-state index is 0.0398. The molecule has 10 nitrogen and oxygen atoms in total. The first-order chi connectivity index (χ1) is 22.4. The molecule has 4 aromatic rings. The summed E-state index contributed by atoms with van der Waals surface area (Å²) in [5.74, 6) is 0.993. The van der Waals surface area contributed by atoms with Crippen molar-refractivity contribution in [3.05, 3.63) is 112 Å². The van der Waals surface area contributed by atoms with Gasteiger partial charge in [-0.1, -0.05) is 24.3 Å². The first-order valence-electron chi connectivity index (χ1n) is 15.3. The molecule has 1 fully saturated rings. The van der Waals surface area contributed by atoms with Gasteiger partial charge in [-0.2, -0.15) is 0 Å². The Kier molecular flexibility index (Phi) is 10.8. The van der Waals surface area contributed by atoms with Crippen LogP contribution in [0.5, 0.6) is 23.0 Å². The van der Waals surface area contributed by atoms with Gasteiger partial charge in [0.05, 0.1) is 46.8 Å². The zero-order valence-corrected chi connectivity index (χ0v) is 26.4. The predicted molar refractivity (Wildman–Crippen MR) is 174 cm³/mol. The largest absolute Gasteiger partial charge is 0.502 e. The SMILES string of the molecule is COC(=O)C[C@H](c1ccc(OCCc2ccc(OC)cc2)cc1)c1oc(CN2CCN(c3ccc(OC)cc3)CC2)cc(=O)c1O. The molecule has 1 atom stereocenters. The van der Waals surface area contributed by atoms with Crippen LogP contribution in [0.3, 0.4) is 0 Å². The Balaban J connectivity index is 1.26. The van der Waals surface area contributed by atoms with Crippen molar-refractivity contribution in [2.45, 2.75) is 25.3 Å². The fourth-order valence-electron chi connectivity index (χ4n) is 5.53. The van der Waals surface area contributed by atoms with Crippen LogP contribution in [0.4, 0.5) is 5.69 Å². The van der Waals surface area contributed by atoms with Crippen molar-refractivity contribution >= 4 is 11.7 Å². The number of piperazine rings is 1. The van der Waals surface area contributed by atoms with Crippen molar-refractivity contribution < 1.29 is 33.3 Å². The number of esters is 1. The molecule has 0 aliphatic carbocycles. The molecule has 10 heteroatoms. The summed E-state index contributed by atoms with van der Waals surface area (Å²) in [5, 5.41) is 10.8. The molecular formula is C36H40N2O8. The summed E-state index contributed by atoms with van der Waals surface area (Å²) >= 11 is 0. The smallest absolute Gasteiger partial charge is 0.306 e. The molecule has 46 heavy (non-hydrogen) atoms. The van der Waals surface area contributed by atoms with E-state index < -0.39 is 23.1 Å².